The Morgan fingerprint density at radius 2 is 2.04 bits per heavy atom. The topological polar surface area (TPSA) is 68.1 Å². The van der Waals surface area contributed by atoms with Crippen molar-refractivity contribution in [3.8, 4) is 11.4 Å². The Morgan fingerprint density at radius 1 is 1.25 bits per heavy atom. The lowest BCUT2D eigenvalue weighted by atomic mass is 9.93. The number of hydrogen-bond acceptors (Lipinski definition) is 4. The van der Waals surface area contributed by atoms with Crippen LogP contribution >= 0.6 is 0 Å². The second-order valence-corrected chi connectivity index (χ2v) is 8.62. The standard InChI is InChI=1S/C17H24N4O2S/c1-13-18-11-17(20(13)2)16-7-6-14(10-19-16)9-15-5-4-8-21(12-15)24(3,22)23/h6-7,10-11,15H,4-5,8-9,12H2,1-3H3/t15-/m1/s1. The summed E-state index contributed by atoms with van der Waals surface area (Å²) in [4.78, 5) is 8.86. The molecular formula is C17H24N4O2S. The highest BCUT2D eigenvalue weighted by atomic mass is 32.2. The predicted octanol–water partition coefficient (Wildman–Crippen LogP) is 2.00. The van der Waals surface area contributed by atoms with E-state index in [1.165, 1.54) is 6.26 Å². The van der Waals surface area contributed by atoms with E-state index < -0.39 is 10.0 Å². The van der Waals surface area contributed by atoms with Crippen molar-refractivity contribution in [1.82, 2.24) is 18.8 Å². The zero-order valence-corrected chi connectivity index (χ0v) is 15.3. The Morgan fingerprint density at radius 3 is 2.62 bits per heavy atom. The fourth-order valence-corrected chi connectivity index (χ4v) is 4.21. The smallest absolute Gasteiger partial charge is 0.211 e. The number of imidazole rings is 1. The van der Waals surface area contributed by atoms with Gasteiger partial charge in [-0.15, -0.1) is 0 Å². The van der Waals surface area contributed by atoms with Crippen molar-refractivity contribution in [3.63, 3.8) is 0 Å². The molecule has 2 aromatic rings. The normalized spacial score (nSPS) is 19.5. The first-order chi connectivity index (χ1) is 11.3. The van der Waals surface area contributed by atoms with Crippen molar-refractivity contribution in [2.75, 3.05) is 19.3 Å². The summed E-state index contributed by atoms with van der Waals surface area (Å²) in [5.74, 6) is 1.32. The summed E-state index contributed by atoms with van der Waals surface area (Å²) in [6, 6.07) is 4.10. The third kappa shape index (κ3) is 3.67. The van der Waals surface area contributed by atoms with Gasteiger partial charge >= 0.3 is 0 Å². The maximum Gasteiger partial charge on any atom is 0.211 e. The fraction of sp³-hybridized carbons (Fsp3) is 0.529. The Labute approximate surface area is 143 Å². The molecule has 0 bridgehead atoms. The monoisotopic (exact) mass is 348 g/mol. The Hall–Kier alpha value is -1.73. The molecule has 0 amide bonds. The maximum atomic E-state index is 11.7. The SMILES string of the molecule is Cc1ncc(-c2ccc(C[C@H]3CCCN(S(C)(=O)=O)C3)cn2)n1C. The molecule has 1 aliphatic heterocycles. The van der Waals surface area contributed by atoms with Gasteiger partial charge in [0.15, 0.2) is 0 Å². The summed E-state index contributed by atoms with van der Waals surface area (Å²) < 4.78 is 27.1. The van der Waals surface area contributed by atoms with E-state index in [9.17, 15) is 8.42 Å². The second-order valence-electron chi connectivity index (χ2n) is 6.63. The van der Waals surface area contributed by atoms with E-state index >= 15 is 0 Å². The van der Waals surface area contributed by atoms with Gasteiger partial charge in [-0.2, -0.15) is 0 Å². The first kappa shape index (κ1) is 17.1. The average molecular weight is 348 g/mol. The lowest BCUT2D eigenvalue weighted by Gasteiger charge is -2.30. The van der Waals surface area contributed by atoms with E-state index in [0.29, 0.717) is 19.0 Å². The van der Waals surface area contributed by atoms with Crippen molar-refractivity contribution in [3.05, 3.63) is 35.9 Å². The van der Waals surface area contributed by atoms with Gasteiger partial charge in [0.25, 0.3) is 0 Å². The third-order valence-corrected chi connectivity index (χ3v) is 6.05. The molecule has 2 aromatic heterocycles. The van der Waals surface area contributed by atoms with Crippen LogP contribution in [-0.2, 0) is 23.5 Å². The Kier molecular flexibility index (Phi) is 4.73. The highest BCUT2D eigenvalue weighted by molar-refractivity contribution is 7.88. The third-order valence-electron chi connectivity index (χ3n) is 4.78. The van der Waals surface area contributed by atoms with E-state index in [1.807, 2.05) is 37.0 Å². The van der Waals surface area contributed by atoms with Crippen LogP contribution in [0.1, 0.15) is 24.2 Å². The van der Waals surface area contributed by atoms with E-state index in [1.54, 1.807) is 4.31 Å². The largest absolute Gasteiger partial charge is 0.330 e. The van der Waals surface area contributed by atoms with E-state index in [-0.39, 0.29) is 0 Å². The number of piperidine rings is 1. The summed E-state index contributed by atoms with van der Waals surface area (Å²) in [6.45, 7) is 3.22. The quantitative estimate of drug-likeness (QED) is 0.847. The molecule has 0 saturated carbocycles. The van der Waals surface area contributed by atoms with Crippen LogP contribution < -0.4 is 0 Å². The zero-order valence-electron chi connectivity index (χ0n) is 14.4. The molecule has 1 saturated heterocycles. The van der Waals surface area contributed by atoms with Crippen molar-refractivity contribution in [2.45, 2.75) is 26.2 Å². The molecule has 130 valence electrons. The lowest BCUT2D eigenvalue weighted by molar-refractivity contribution is 0.266. The van der Waals surface area contributed by atoms with E-state index in [2.05, 4.69) is 16.0 Å². The number of rotatable bonds is 4. The highest BCUT2D eigenvalue weighted by Crippen LogP contribution is 2.23. The van der Waals surface area contributed by atoms with Crippen LogP contribution in [0.5, 0.6) is 0 Å². The highest BCUT2D eigenvalue weighted by Gasteiger charge is 2.25. The van der Waals surface area contributed by atoms with Gasteiger partial charge in [0.1, 0.15) is 5.82 Å². The number of sulfonamides is 1. The molecule has 0 unspecified atom stereocenters. The molecule has 0 spiro atoms. The summed E-state index contributed by atoms with van der Waals surface area (Å²) in [5, 5.41) is 0. The van der Waals surface area contributed by atoms with Gasteiger partial charge in [0.05, 0.1) is 23.8 Å². The van der Waals surface area contributed by atoms with Gasteiger partial charge < -0.3 is 4.57 Å². The van der Waals surface area contributed by atoms with Crippen LogP contribution in [-0.4, -0.2) is 46.6 Å². The second kappa shape index (κ2) is 6.64. The number of aryl methyl sites for hydroxylation is 1. The van der Waals surface area contributed by atoms with Crippen LogP contribution in [0.2, 0.25) is 0 Å². The van der Waals surface area contributed by atoms with Gasteiger partial charge in [0, 0.05) is 26.3 Å². The molecule has 1 atom stereocenters. The molecule has 1 aliphatic rings. The minimum Gasteiger partial charge on any atom is -0.330 e. The molecule has 24 heavy (non-hydrogen) atoms. The van der Waals surface area contributed by atoms with Crippen LogP contribution in [0.4, 0.5) is 0 Å². The first-order valence-electron chi connectivity index (χ1n) is 8.23. The van der Waals surface area contributed by atoms with Crippen LogP contribution in [0.3, 0.4) is 0 Å². The molecule has 6 nitrogen and oxygen atoms in total. The summed E-state index contributed by atoms with van der Waals surface area (Å²) in [5.41, 5.74) is 3.06. The fourth-order valence-electron chi connectivity index (χ4n) is 3.26. The predicted molar refractivity (Wildman–Crippen MR) is 94.0 cm³/mol. The van der Waals surface area contributed by atoms with Crippen LogP contribution in [0.15, 0.2) is 24.5 Å². The maximum absolute atomic E-state index is 11.7. The lowest BCUT2D eigenvalue weighted by Crippen LogP contribution is -2.39. The van der Waals surface area contributed by atoms with Crippen molar-refractivity contribution < 1.29 is 8.42 Å². The van der Waals surface area contributed by atoms with E-state index in [0.717, 1.165) is 42.0 Å². The molecule has 3 heterocycles. The molecule has 0 radical (unpaired) electrons. The van der Waals surface area contributed by atoms with Crippen LogP contribution in [0, 0.1) is 12.8 Å². The van der Waals surface area contributed by atoms with Gasteiger partial charge in [-0.25, -0.2) is 17.7 Å². The van der Waals surface area contributed by atoms with Gasteiger partial charge in [-0.05, 0) is 43.7 Å². The number of pyridine rings is 1. The minimum absolute atomic E-state index is 0.361. The van der Waals surface area contributed by atoms with Gasteiger partial charge in [0.2, 0.25) is 10.0 Å². The Bertz CT molecular complexity index is 812. The van der Waals surface area contributed by atoms with Gasteiger partial charge in [-0.1, -0.05) is 6.07 Å². The molecule has 1 fully saturated rings. The van der Waals surface area contributed by atoms with E-state index in [4.69, 9.17) is 0 Å². The molecular weight excluding hydrogens is 324 g/mol. The number of aromatic nitrogens is 3. The Balaban J connectivity index is 1.69. The number of nitrogens with zero attached hydrogens (tertiary/aromatic N) is 4. The summed E-state index contributed by atoms with van der Waals surface area (Å²) in [6.07, 6.45) is 7.89. The van der Waals surface area contributed by atoms with Gasteiger partial charge in [-0.3, -0.25) is 4.98 Å². The van der Waals surface area contributed by atoms with Crippen LogP contribution in [0.25, 0.3) is 11.4 Å². The molecule has 3 rings (SSSR count). The summed E-state index contributed by atoms with van der Waals surface area (Å²) >= 11 is 0. The molecule has 0 aliphatic carbocycles. The van der Waals surface area contributed by atoms with Crippen molar-refractivity contribution >= 4 is 10.0 Å². The minimum atomic E-state index is -3.09. The molecule has 0 aromatic carbocycles. The molecule has 0 N–H and O–H groups in total. The van der Waals surface area contributed by atoms with Crippen molar-refractivity contribution in [1.29, 1.82) is 0 Å². The average Bonchev–Trinajstić information content (AvgIpc) is 2.87. The zero-order chi connectivity index (χ0) is 17.3. The summed E-state index contributed by atoms with van der Waals surface area (Å²) in [7, 11) is -1.11. The van der Waals surface area contributed by atoms with Crippen molar-refractivity contribution in [2.24, 2.45) is 13.0 Å². The number of hydrogen-bond donors (Lipinski definition) is 0. The first-order valence-corrected chi connectivity index (χ1v) is 10.1. The molecule has 7 heteroatoms.